The standard InChI is InChI=1S/C54H37N5S/c1-55-30-13-31-56-35-41-34-45-44-32-40(37-16-7-3-8-17-37)25-29-50(44)60-53(45)51-46-33-39(36-14-5-2-6-15-36)24-28-48(46)58(52(41)51)43-26-22-38(23-27-43)54-57-47-20-11-12-21-49(47)59(54)42-18-9-4-10-19-42/h2-34H,1,35H2/b30-13-,56-31?. The molecule has 11 aromatic rings. The van der Waals surface area contributed by atoms with Crippen LogP contribution in [0, 0.1) is 0 Å². The van der Waals surface area contributed by atoms with Crippen LogP contribution in [0.4, 0.5) is 0 Å². The molecule has 0 spiro atoms. The lowest BCUT2D eigenvalue weighted by Gasteiger charge is -2.13. The van der Waals surface area contributed by atoms with Crippen molar-refractivity contribution in [3.63, 3.8) is 0 Å². The highest BCUT2D eigenvalue weighted by atomic mass is 32.1. The number of aromatic nitrogens is 3. The van der Waals surface area contributed by atoms with Crippen molar-refractivity contribution in [3.8, 4) is 45.0 Å². The van der Waals surface area contributed by atoms with E-state index in [-0.39, 0.29) is 0 Å². The van der Waals surface area contributed by atoms with Gasteiger partial charge in [-0.05, 0) is 119 Å². The van der Waals surface area contributed by atoms with Crippen molar-refractivity contribution in [2.75, 3.05) is 0 Å². The lowest BCUT2D eigenvalue weighted by atomic mass is 9.99. The van der Waals surface area contributed by atoms with Crippen molar-refractivity contribution in [1.82, 2.24) is 14.1 Å². The molecule has 3 aromatic heterocycles. The van der Waals surface area contributed by atoms with Crippen LogP contribution in [0.3, 0.4) is 0 Å². The summed E-state index contributed by atoms with van der Waals surface area (Å²) >= 11 is 1.87. The highest BCUT2D eigenvalue weighted by molar-refractivity contribution is 7.26. The summed E-state index contributed by atoms with van der Waals surface area (Å²) in [5.41, 5.74) is 13.5. The van der Waals surface area contributed by atoms with Crippen molar-refractivity contribution >= 4 is 77.3 Å². The Morgan fingerprint density at radius 1 is 0.550 bits per heavy atom. The Morgan fingerprint density at radius 3 is 1.92 bits per heavy atom. The fraction of sp³-hybridized carbons (Fsp3) is 0.0185. The molecule has 284 valence electrons. The van der Waals surface area contributed by atoms with Crippen LogP contribution in [-0.2, 0) is 6.54 Å². The molecule has 0 bridgehead atoms. The Balaban J connectivity index is 1.17. The predicted molar refractivity (Wildman–Crippen MR) is 255 cm³/mol. The Bertz CT molecular complexity index is 3450. The molecule has 0 fully saturated rings. The summed E-state index contributed by atoms with van der Waals surface area (Å²) in [4.78, 5) is 14.0. The van der Waals surface area contributed by atoms with Gasteiger partial charge < -0.3 is 4.57 Å². The van der Waals surface area contributed by atoms with E-state index in [0.717, 1.165) is 50.4 Å². The fourth-order valence-electron chi connectivity index (χ4n) is 8.65. The van der Waals surface area contributed by atoms with E-state index in [1.54, 1.807) is 6.20 Å². The van der Waals surface area contributed by atoms with Crippen molar-refractivity contribution in [2.24, 2.45) is 9.98 Å². The summed E-state index contributed by atoms with van der Waals surface area (Å²) in [6, 6.07) is 65.2. The lowest BCUT2D eigenvalue weighted by Crippen LogP contribution is -1.99. The van der Waals surface area contributed by atoms with Gasteiger partial charge in [-0.1, -0.05) is 103 Å². The number of benzene rings is 8. The van der Waals surface area contributed by atoms with Gasteiger partial charge in [0, 0.05) is 60.3 Å². The SMILES string of the molecule is C=N/C=C\C=NCc1cc2c3cc(-c4ccccc4)ccc3sc2c2c3cc(-c4ccccc4)ccc3n(-c3ccc(-c4nc5ccccc5n4-c4ccccc4)cc3)c12. The second kappa shape index (κ2) is 14.9. The third kappa shape index (κ3) is 6.05. The van der Waals surface area contributed by atoms with Crippen molar-refractivity contribution in [1.29, 1.82) is 0 Å². The number of allylic oxidation sites excluding steroid dienone is 1. The Labute approximate surface area is 351 Å². The molecule has 0 radical (unpaired) electrons. The van der Waals surface area contributed by atoms with Gasteiger partial charge in [0.05, 0.1) is 28.6 Å². The summed E-state index contributed by atoms with van der Waals surface area (Å²) in [6.07, 6.45) is 5.31. The van der Waals surface area contributed by atoms with Gasteiger partial charge in [-0.25, -0.2) is 4.98 Å². The minimum Gasteiger partial charge on any atom is -0.309 e. The Morgan fingerprint density at radius 2 is 1.18 bits per heavy atom. The smallest absolute Gasteiger partial charge is 0.145 e. The molecular weight excluding hydrogens is 751 g/mol. The number of hydrogen-bond donors (Lipinski definition) is 0. The molecule has 0 unspecified atom stereocenters. The second-order valence-electron chi connectivity index (χ2n) is 14.9. The van der Waals surface area contributed by atoms with Gasteiger partial charge >= 0.3 is 0 Å². The van der Waals surface area contributed by atoms with Gasteiger partial charge in [0.15, 0.2) is 0 Å². The van der Waals surface area contributed by atoms with Crippen molar-refractivity contribution in [3.05, 3.63) is 200 Å². The summed E-state index contributed by atoms with van der Waals surface area (Å²) < 4.78 is 7.23. The molecule has 60 heavy (non-hydrogen) atoms. The van der Waals surface area contributed by atoms with Crippen LogP contribution in [-0.4, -0.2) is 27.1 Å². The molecule has 6 heteroatoms. The Hall–Kier alpha value is -7.67. The minimum absolute atomic E-state index is 0.491. The maximum absolute atomic E-state index is 5.17. The van der Waals surface area contributed by atoms with E-state index < -0.39 is 0 Å². The molecule has 5 nitrogen and oxygen atoms in total. The van der Waals surface area contributed by atoms with E-state index in [0.29, 0.717) is 6.54 Å². The van der Waals surface area contributed by atoms with Crippen LogP contribution < -0.4 is 0 Å². The molecule has 0 atom stereocenters. The van der Waals surface area contributed by atoms with Crippen LogP contribution in [0.25, 0.3) is 98.0 Å². The molecule has 0 aliphatic heterocycles. The van der Waals surface area contributed by atoms with Gasteiger partial charge in [0.1, 0.15) is 5.82 Å². The number of thiophene rings is 1. The van der Waals surface area contributed by atoms with E-state index in [1.165, 1.54) is 53.2 Å². The van der Waals surface area contributed by atoms with Crippen LogP contribution >= 0.6 is 11.3 Å². The first-order valence-electron chi connectivity index (χ1n) is 20.1. The van der Waals surface area contributed by atoms with Crippen LogP contribution in [0.1, 0.15) is 5.56 Å². The molecule has 0 amide bonds. The van der Waals surface area contributed by atoms with Crippen LogP contribution in [0.15, 0.2) is 204 Å². The van der Waals surface area contributed by atoms with Crippen LogP contribution in [0.5, 0.6) is 0 Å². The van der Waals surface area contributed by atoms with E-state index >= 15 is 0 Å². The van der Waals surface area contributed by atoms with Gasteiger partial charge in [0.25, 0.3) is 0 Å². The number of fused-ring (bicyclic) bond motifs is 8. The van der Waals surface area contributed by atoms with Gasteiger partial charge in [-0.3, -0.25) is 14.6 Å². The summed E-state index contributed by atoms with van der Waals surface area (Å²) in [7, 11) is 0. The number of imidazole rings is 1. The average molecular weight is 788 g/mol. The first-order valence-corrected chi connectivity index (χ1v) is 20.9. The second-order valence-corrected chi connectivity index (χ2v) is 16.0. The van der Waals surface area contributed by atoms with E-state index in [4.69, 9.17) is 9.98 Å². The molecule has 8 aromatic carbocycles. The number of aliphatic imine (C=N–C) groups is 2. The normalized spacial score (nSPS) is 12.0. The summed E-state index contributed by atoms with van der Waals surface area (Å²) in [6.45, 7) is 4.08. The van der Waals surface area contributed by atoms with Gasteiger partial charge in [-0.2, -0.15) is 0 Å². The van der Waals surface area contributed by atoms with Crippen molar-refractivity contribution < 1.29 is 0 Å². The third-order valence-corrected chi connectivity index (χ3v) is 12.6. The largest absolute Gasteiger partial charge is 0.309 e. The topological polar surface area (TPSA) is 47.5 Å². The molecule has 3 heterocycles. The van der Waals surface area contributed by atoms with Gasteiger partial charge in [0.2, 0.25) is 0 Å². The molecule has 0 N–H and O–H groups in total. The predicted octanol–water partition coefficient (Wildman–Crippen LogP) is 14.3. The van der Waals surface area contributed by atoms with E-state index in [2.05, 4.69) is 197 Å². The zero-order chi connectivity index (χ0) is 40.0. The number of hydrogen-bond acceptors (Lipinski definition) is 4. The monoisotopic (exact) mass is 787 g/mol. The summed E-state index contributed by atoms with van der Waals surface area (Å²) in [5.74, 6) is 0.905. The maximum Gasteiger partial charge on any atom is 0.145 e. The molecule has 0 saturated carbocycles. The fourth-order valence-corrected chi connectivity index (χ4v) is 9.87. The quantitative estimate of drug-likeness (QED) is 0.134. The zero-order valence-electron chi connectivity index (χ0n) is 32.6. The molecule has 0 saturated heterocycles. The van der Waals surface area contributed by atoms with Gasteiger partial charge in [-0.15, -0.1) is 11.3 Å². The van der Waals surface area contributed by atoms with Crippen molar-refractivity contribution in [2.45, 2.75) is 6.54 Å². The lowest BCUT2D eigenvalue weighted by molar-refractivity contribution is 1.07. The molecule has 11 rings (SSSR count). The maximum atomic E-state index is 5.17. The minimum atomic E-state index is 0.491. The highest BCUT2D eigenvalue weighted by Crippen LogP contribution is 2.47. The number of para-hydroxylation sites is 3. The van der Waals surface area contributed by atoms with Crippen LogP contribution in [0.2, 0.25) is 0 Å². The number of rotatable bonds is 9. The third-order valence-electron chi connectivity index (χ3n) is 11.4. The molecule has 0 aliphatic carbocycles. The Kier molecular flexibility index (Phi) is 8.83. The molecular formula is C54H37N5S. The van der Waals surface area contributed by atoms with E-state index in [9.17, 15) is 0 Å². The highest BCUT2D eigenvalue weighted by Gasteiger charge is 2.23. The molecule has 0 aliphatic rings. The van der Waals surface area contributed by atoms with E-state index in [1.807, 2.05) is 29.7 Å². The first-order chi connectivity index (χ1) is 29.7. The average Bonchev–Trinajstić information content (AvgIpc) is 3.99. The number of nitrogens with zero attached hydrogens (tertiary/aromatic N) is 5. The zero-order valence-corrected chi connectivity index (χ0v) is 33.4. The first kappa shape index (κ1) is 35.5. The summed E-state index contributed by atoms with van der Waals surface area (Å²) in [5, 5.41) is 4.95.